The Balaban J connectivity index is 0.000000498. The fourth-order valence-corrected chi connectivity index (χ4v) is 5.84. The van der Waals surface area contributed by atoms with Gasteiger partial charge in [0, 0.05) is 49.3 Å². The van der Waals surface area contributed by atoms with Crippen molar-refractivity contribution >= 4 is 29.9 Å². The number of hydrazine groups is 1. The number of halogens is 1. The van der Waals surface area contributed by atoms with Gasteiger partial charge in [-0.2, -0.15) is 0 Å². The van der Waals surface area contributed by atoms with Crippen molar-refractivity contribution in [2.24, 2.45) is 28.8 Å². The largest absolute Gasteiger partial charge is 0.487 e. The lowest BCUT2D eigenvalue weighted by Gasteiger charge is -2.43. The van der Waals surface area contributed by atoms with Crippen molar-refractivity contribution in [3.8, 4) is 18.1 Å². The van der Waals surface area contributed by atoms with E-state index in [0.717, 1.165) is 43.4 Å². The van der Waals surface area contributed by atoms with E-state index in [4.69, 9.17) is 44.2 Å². The molecule has 2 fully saturated rings. The normalized spacial score (nSPS) is 22.9. The maximum Gasteiger partial charge on any atom is 0.290 e. The maximum atomic E-state index is 13.6. The van der Waals surface area contributed by atoms with Crippen LogP contribution in [0.3, 0.4) is 0 Å². The van der Waals surface area contributed by atoms with E-state index >= 15 is 0 Å². The average Bonchev–Trinajstić information content (AvgIpc) is 3.29. The second kappa shape index (κ2) is 15.5. The second-order valence-electron chi connectivity index (χ2n) is 11.5. The van der Waals surface area contributed by atoms with Gasteiger partial charge >= 0.3 is 0 Å². The maximum absolute atomic E-state index is 13.6. The highest BCUT2D eigenvalue weighted by Crippen LogP contribution is 2.45. The number of carboxylic acid groups (broad SMARTS) is 1. The smallest absolute Gasteiger partial charge is 0.290 e. The van der Waals surface area contributed by atoms with Crippen molar-refractivity contribution in [2.75, 3.05) is 26.7 Å². The summed E-state index contributed by atoms with van der Waals surface area (Å²) in [6.07, 6.45) is 13.1. The van der Waals surface area contributed by atoms with Gasteiger partial charge in [-0.3, -0.25) is 14.4 Å². The van der Waals surface area contributed by atoms with Crippen molar-refractivity contribution in [3.05, 3.63) is 40.2 Å². The summed E-state index contributed by atoms with van der Waals surface area (Å²) < 4.78 is 6.00. The number of rotatable bonds is 5. The number of nitrogens with two attached hydrogens (primary N) is 2. The number of benzene rings is 1. The molecule has 2 amide bonds. The molecule has 11 heteroatoms. The molecule has 226 valence electrons. The van der Waals surface area contributed by atoms with E-state index in [1.54, 1.807) is 25.4 Å². The van der Waals surface area contributed by atoms with Gasteiger partial charge in [-0.1, -0.05) is 51.1 Å². The van der Waals surface area contributed by atoms with Crippen molar-refractivity contribution in [1.29, 1.82) is 0 Å². The molecule has 10 nitrogen and oxygen atoms in total. The van der Waals surface area contributed by atoms with Crippen LogP contribution in [0.15, 0.2) is 24.0 Å². The Morgan fingerprint density at radius 2 is 2.07 bits per heavy atom. The molecule has 3 aliphatic rings. The Labute approximate surface area is 248 Å². The summed E-state index contributed by atoms with van der Waals surface area (Å²) in [6.45, 7) is 7.77. The van der Waals surface area contributed by atoms with Crippen molar-refractivity contribution < 1.29 is 24.2 Å². The van der Waals surface area contributed by atoms with Crippen LogP contribution in [-0.2, 0) is 20.8 Å². The Morgan fingerprint density at radius 3 is 2.59 bits per heavy atom. The third kappa shape index (κ3) is 9.30. The molecular formula is C30H44ClN5O5. The van der Waals surface area contributed by atoms with Crippen LogP contribution < -0.4 is 21.6 Å². The molecule has 4 rings (SSSR count). The summed E-state index contributed by atoms with van der Waals surface area (Å²) >= 11 is 6.50. The van der Waals surface area contributed by atoms with Gasteiger partial charge in [0.05, 0.1) is 5.70 Å². The number of amides is 2. The number of hydrogen-bond donors (Lipinski definition) is 4. The number of fused-ring (bicyclic) bond motifs is 1. The SMILES string of the molecule is C#CC1c2c(OC/C(N)=C/N(C)N)ccc(Cl)c2CCN1C(=O)C1CCCCC1(C)C.CC1CNC(=O)C1.O=CO. The molecule has 41 heavy (non-hydrogen) atoms. The summed E-state index contributed by atoms with van der Waals surface area (Å²) in [5.74, 6) is 9.92. The summed E-state index contributed by atoms with van der Waals surface area (Å²) in [4.78, 5) is 34.2. The van der Waals surface area contributed by atoms with Crippen LogP contribution in [0, 0.1) is 29.6 Å². The quantitative estimate of drug-likeness (QED) is 0.176. The number of nitrogens with one attached hydrogen (secondary N) is 1. The summed E-state index contributed by atoms with van der Waals surface area (Å²) in [6, 6.07) is 3.08. The first-order valence-corrected chi connectivity index (χ1v) is 14.2. The molecule has 1 aromatic rings. The van der Waals surface area contributed by atoms with Gasteiger partial charge in [0.1, 0.15) is 18.4 Å². The third-order valence-electron chi connectivity index (χ3n) is 7.64. The standard InChI is InChI=1S/C24H33ClN4O2.C5H9NO.CH2O2/c1-5-20-22-17(19(25)9-10-21(22)31-15-16(26)14-28(4)27)11-13-29(20)23(30)18-8-6-7-12-24(18,2)3;1-4-2-5(7)6-3-4;2-1-3/h1,9-10,14,18,20H,6-8,11-13,15,26-27H2,2-4H3;4H,2-3H2,1H3,(H,6,7);1H,(H,2,3)/b16-14-;;. The lowest BCUT2D eigenvalue weighted by atomic mass is 9.68. The number of carbonyl (C=O) groups excluding carboxylic acids is 2. The molecule has 0 bridgehead atoms. The second-order valence-corrected chi connectivity index (χ2v) is 11.9. The molecule has 3 unspecified atom stereocenters. The third-order valence-corrected chi connectivity index (χ3v) is 7.99. The number of terminal acetylenes is 1. The minimum absolute atomic E-state index is 0.0270. The molecule has 1 aromatic carbocycles. The zero-order chi connectivity index (χ0) is 30.7. The van der Waals surface area contributed by atoms with Crippen molar-refractivity contribution in [2.45, 2.75) is 65.3 Å². The van der Waals surface area contributed by atoms with Gasteiger partial charge in [0.25, 0.3) is 6.47 Å². The van der Waals surface area contributed by atoms with Crippen LogP contribution in [-0.4, -0.2) is 60.0 Å². The lowest BCUT2D eigenvalue weighted by molar-refractivity contribution is -0.143. The van der Waals surface area contributed by atoms with Gasteiger partial charge in [0.15, 0.2) is 0 Å². The molecular weight excluding hydrogens is 546 g/mol. The van der Waals surface area contributed by atoms with Crippen LogP contribution in [0.5, 0.6) is 5.75 Å². The Bertz CT molecular complexity index is 1150. The lowest BCUT2D eigenvalue weighted by Crippen LogP contribution is -2.47. The zero-order valence-corrected chi connectivity index (χ0v) is 25.2. The van der Waals surface area contributed by atoms with E-state index in [1.807, 2.05) is 4.90 Å². The topological polar surface area (TPSA) is 151 Å². The minimum atomic E-state index is -0.523. The number of nitrogens with zero attached hydrogens (tertiary/aromatic N) is 2. The van der Waals surface area contributed by atoms with Crippen LogP contribution in [0.1, 0.15) is 70.0 Å². The molecule has 2 aliphatic heterocycles. The van der Waals surface area contributed by atoms with Gasteiger partial charge in [-0.05, 0) is 48.3 Å². The van der Waals surface area contributed by atoms with Crippen molar-refractivity contribution in [3.63, 3.8) is 0 Å². The number of carbonyl (C=O) groups is 3. The fraction of sp³-hybridized carbons (Fsp3) is 0.567. The summed E-state index contributed by atoms with van der Waals surface area (Å²) in [5, 5.41) is 11.6. The van der Waals surface area contributed by atoms with Crippen LogP contribution in [0.4, 0.5) is 0 Å². The molecule has 2 heterocycles. The van der Waals surface area contributed by atoms with Gasteiger partial charge in [-0.15, -0.1) is 6.42 Å². The Hall–Kier alpha value is -3.42. The first-order chi connectivity index (χ1) is 19.4. The predicted molar refractivity (Wildman–Crippen MR) is 159 cm³/mol. The molecule has 3 atom stereocenters. The molecule has 0 aromatic heterocycles. The van der Waals surface area contributed by atoms with E-state index in [1.165, 1.54) is 11.4 Å². The monoisotopic (exact) mass is 589 g/mol. The molecule has 0 spiro atoms. The number of hydrogen-bond acceptors (Lipinski definition) is 7. The van der Waals surface area contributed by atoms with Crippen LogP contribution in [0.2, 0.25) is 5.02 Å². The van der Waals surface area contributed by atoms with Crippen LogP contribution in [0.25, 0.3) is 0 Å². The van der Waals surface area contributed by atoms with E-state index in [0.29, 0.717) is 35.4 Å². The first kappa shape index (κ1) is 33.8. The summed E-state index contributed by atoms with van der Waals surface area (Å²) in [7, 11) is 1.68. The first-order valence-electron chi connectivity index (χ1n) is 13.8. The molecule has 6 N–H and O–H groups in total. The average molecular weight is 590 g/mol. The van der Waals surface area contributed by atoms with E-state index < -0.39 is 6.04 Å². The highest BCUT2D eigenvalue weighted by atomic mass is 35.5. The van der Waals surface area contributed by atoms with Crippen LogP contribution >= 0.6 is 11.6 Å². The van der Waals surface area contributed by atoms with E-state index in [-0.39, 0.29) is 36.2 Å². The van der Waals surface area contributed by atoms with Gasteiger partial charge < -0.3 is 30.8 Å². The highest BCUT2D eigenvalue weighted by molar-refractivity contribution is 6.31. The van der Waals surface area contributed by atoms with E-state index in [2.05, 4.69) is 32.0 Å². The van der Waals surface area contributed by atoms with Gasteiger partial charge in [-0.25, -0.2) is 5.84 Å². The van der Waals surface area contributed by atoms with E-state index in [9.17, 15) is 9.59 Å². The molecule has 1 saturated carbocycles. The fourth-order valence-electron chi connectivity index (χ4n) is 5.59. The van der Waals surface area contributed by atoms with Gasteiger partial charge in [0.2, 0.25) is 11.8 Å². The minimum Gasteiger partial charge on any atom is -0.487 e. The summed E-state index contributed by atoms with van der Waals surface area (Å²) in [5.41, 5.74) is 8.15. The molecule has 1 saturated heterocycles. The Kier molecular flexibility index (Phi) is 12.8. The van der Waals surface area contributed by atoms with Crippen molar-refractivity contribution in [1.82, 2.24) is 15.2 Å². The highest BCUT2D eigenvalue weighted by Gasteiger charge is 2.42. The molecule has 0 radical (unpaired) electrons. The predicted octanol–water partition coefficient (Wildman–Crippen LogP) is 3.44. The molecule has 1 aliphatic carbocycles. The number of ether oxygens (including phenoxy) is 1. The Morgan fingerprint density at radius 1 is 1.39 bits per heavy atom. The zero-order valence-electron chi connectivity index (χ0n) is 24.5.